The number of amides is 1. The SMILES string of the molecule is CN(C)CCc1cc(NC(=O)O)cc(C(F)(F)F)c1. The van der Waals surface area contributed by atoms with Gasteiger partial charge in [-0.25, -0.2) is 4.79 Å². The summed E-state index contributed by atoms with van der Waals surface area (Å²) >= 11 is 0. The van der Waals surface area contributed by atoms with Crippen molar-refractivity contribution < 1.29 is 23.1 Å². The van der Waals surface area contributed by atoms with Crippen LogP contribution in [0.4, 0.5) is 23.7 Å². The first-order chi connectivity index (χ1) is 8.68. The number of rotatable bonds is 4. The van der Waals surface area contributed by atoms with Crippen molar-refractivity contribution in [2.75, 3.05) is 26.0 Å². The molecule has 19 heavy (non-hydrogen) atoms. The molecule has 0 saturated carbocycles. The number of nitrogens with one attached hydrogen (secondary N) is 1. The lowest BCUT2D eigenvalue weighted by molar-refractivity contribution is -0.137. The van der Waals surface area contributed by atoms with Crippen molar-refractivity contribution in [2.24, 2.45) is 0 Å². The van der Waals surface area contributed by atoms with Gasteiger partial charge < -0.3 is 10.0 Å². The zero-order valence-electron chi connectivity index (χ0n) is 10.6. The normalized spacial score (nSPS) is 11.7. The fourth-order valence-electron chi connectivity index (χ4n) is 1.55. The van der Waals surface area contributed by atoms with E-state index in [9.17, 15) is 18.0 Å². The van der Waals surface area contributed by atoms with E-state index in [2.05, 4.69) is 0 Å². The van der Waals surface area contributed by atoms with E-state index >= 15 is 0 Å². The number of carbonyl (C=O) groups is 1. The summed E-state index contributed by atoms with van der Waals surface area (Å²) in [4.78, 5) is 12.3. The molecule has 0 heterocycles. The summed E-state index contributed by atoms with van der Waals surface area (Å²) in [6, 6.07) is 3.23. The minimum absolute atomic E-state index is 0.0731. The van der Waals surface area contributed by atoms with Crippen LogP contribution < -0.4 is 5.32 Å². The molecule has 1 aromatic carbocycles. The molecule has 0 aliphatic heterocycles. The van der Waals surface area contributed by atoms with E-state index in [1.165, 1.54) is 6.07 Å². The lowest BCUT2D eigenvalue weighted by Gasteiger charge is -2.14. The lowest BCUT2D eigenvalue weighted by Crippen LogP contribution is -2.16. The topological polar surface area (TPSA) is 52.6 Å². The Morgan fingerprint density at radius 2 is 1.95 bits per heavy atom. The molecule has 4 nitrogen and oxygen atoms in total. The Labute approximate surface area is 108 Å². The second-order valence-corrected chi connectivity index (χ2v) is 4.40. The van der Waals surface area contributed by atoms with Gasteiger partial charge in [0.1, 0.15) is 0 Å². The Morgan fingerprint density at radius 1 is 1.32 bits per heavy atom. The van der Waals surface area contributed by atoms with E-state index in [0.29, 0.717) is 18.5 Å². The molecule has 0 fully saturated rings. The average Bonchev–Trinajstić information content (AvgIpc) is 2.24. The molecule has 2 N–H and O–H groups in total. The summed E-state index contributed by atoms with van der Waals surface area (Å²) in [6.45, 7) is 0.577. The van der Waals surface area contributed by atoms with E-state index in [1.807, 2.05) is 24.3 Å². The molecule has 0 atom stereocenters. The fourth-order valence-corrected chi connectivity index (χ4v) is 1.55. The number of hydrogen-bond acceptors (Lipinski definition) is 2. The molecule has 0 aliphatic carbocycles. The van der Waals surface area contributed by atoms with Crippen LogP contribution in [0.15, 0.2) is 18.2 Å². The minimum atomic E-state index is -4.50. The van der Waals surface area contributed by atoms with E-state index in [1.54, 1.807) is 0 Å². The predicted octanol–water partition coefficient (Wildman–Crippen LogP) is 2.90. The standard InChI is InChI=1S/C12H15F3N2O2/c1-17(2)4-3-8-5-9(12(13,14)15)7-10(6-8)16-11(18)19/h5-7,16H,3-4H2,1-2H3,(H,18,19). The van der Waals surface area contributed by atoms with Gasteiger partial charge in [-0.15, -0.1) is 0 Å². The summed E-state index contributed by atoms with van der Waals surface area (Å²) in [6.07, 6.45) is -5.48. The number of carboxylic acid groups (broad SMARTS) is 1. The molecule has 0 spiro atoms. The van der Waals surface area contributed by atoms with Gasteiger partial charge in [-0.2, -0.15) is 13.2 Å². The molecule has 1 amide bonds. The number of alkyl halides is 3. The maximum Gasteiger partial charge on any atom is 0.416 e. The Kier molecular flexibility index (Phi) is 4.77. The molecule has 1 aromatic rings. The quantitative estimate of drug-likeness (QED) is 0.889. The Balaban J connectivity index is 3.05. The zero-order valence-corrected chi connectivity index (χ0v) is 10.6. The van der Waals surface area contributed by atoms with Gasteiger partial charge in [0.25, 0.3) is 0 Å². The summed E-state index contributed by atoms with van der Waals surface area (Å²) in [5.74, 6) is 0. The number of likely N-dealkylation sites (N-methyl/N-ethyl adjacent to an activating group) is 1. The minimum Gasteiger partial charge on any atom is -0.465 e. The predicted molar refractivity (Wildman–Crippen MR) is 65.3 cm³/mol. The third kappa shape index (κ3) is 5.17. The van der Waals surface area contributed by atoms with E-state index in [0.717, 1.165) is 12.1 Å². The Bertz CT molecular complexity index is 459. The van der Waals surface area contributed by atoms with Gasteiger partial charge in [-0.05, 0) is 44.3 Å². The monoisotopic (exact) mass is 276 g/mol. The highest BCUT2D eigenvalue weighted by molar-refractivity contribution is 5.83. The molecule has 106 valence electrons. The second kappa shape index (κ2) is 5.92. The van der Waals surface area contributed by atoms with Gasteiger partial charge in [0, 0.05) is 12.2 Å². The first-order valence-electron chi connectivity index (χ1n) is 5.54. The molecule has 0 saturated heterocycles. The van der Waals surface area contributed by atoms with Gasteiger partial charge in [-0.3, -0.25) is 5.32 Å². The smallest absolute Gasteiger partial charge is 0.416 e. The van der Waals surface area contributed by atoms with Crippen LogP contribution in [0.5, 0.6) is 0 Å². The molecule has 0 aromatic heterocycles. The van der Waals surface area contributed by atoms with E-state index < -0.39 is 17.8 Å². The van der Waals surface area contributed by atoms with Crippen molar-refractivity contribution in [3.63, 3.8) is 0 Å². The van der Waals surface area contributed by atoms with Crippen LogP contribution in [0.2, 0.25) is 0 Å². The van der Waals surface area contributed by atoms with Crippen molar-refractivity contribution in [3.05, 3.63) is 29.3 Å². The van der Waals surface area contributed by atoms with Crippen LogP contribution >= 0.6 is 0 Å². The van der Waals surface area contributed by atoms with Crippen LogP contribution in [0.3, 0.4) is 0 Å². The third-order valence-corrected chi connectivity index (χ3v) is 2.42. The first kappa shape index (κ1) is 15.3. The molecule has 7 heteroatoms. The van der Waals surface area contributed by atoms with Gasteiger partial charge >= 0.3 is 12.3 Å². The highest BCUT2D eigenvalue weighted by atomic mass is 19.4. The summed E-state index contributed by atoms with van der Waals surface area (Å²) < 4.78 is 38.1. The van der Waals surface area contributed by atoms with Crippen LogP contribution in [-0.2, 0) is 12.6 Å². The molecule has 0 aliphatic rings. The van der Waals surface area contributed by atoms with Gasteiger partial charge in [0.05, 0.1) is 5.56 Å². The zero-order chi connectivity index (χ0) is 14.6. The van der Waals surface area contributed by atoms with Crippen molar-refractivity contribution in [2.45, 2.75) is 12.6 Å². The number of benzene rings is 1. The van der Waals surface area contributed by atoms with Crippen LogP contribution in [0.1, 0.15) is 11.1 Å². The Morgan fingerprint density at radius 3 is 2.42 bits per heavy atom. The molecule has 0 bridgehead atoms. The molecule has 0 radical (unpaired) electrons. The molecular formula is C12H15F3N2O2. The van der Waals surface area contributed by atoms with Crippen molar-refractivity contribution in [1.29, 1.82) is 0 Å². The highest BCUT2D eigenvalue weighted by Gasteiger charge is 2.31. The third-order valence-electron chi connectivity index (χ3n) is 2.42. The van der Waals surface area contributed by atoms with Crippen molar-refractivity contribution in [3.8, 4) is 0 Å². The molecule has 1 rings (SSSR count). The van der Waals surface area contributed by atoms with Crippen LogP contribution in [0, 0.1) is 0 Å². The maximum atomic E-state index is 12.7. The Hall–Kier alpha value is -1.76. The maximum absolute atomic E-state index is 12.7. The first-order valence-corrected chi connectivity index (χ1v) is 5.54. The van der Waals surface area contributed by atoms with Crippen molar-refractivity contribution in [1.82, 2.24) is 4.90 Å². The van der Waals surface area contributed by atoms with Gasteiger partial charge in [0.2, 0.25) is 0 Å². The fraction of sp³-hybridized carbons (Fsp3) is 0.417. The highest BCUT2D eigenvalue weighted by Crippen LogP contribution is 2.32. The number of halogens is 3. The largest absolute Gasteiger partial charge is 0.465 e. The number of anilines is 1. The summed E-state index contributed by atoms with van der Waals surface area (Å²) in [7, 11) is 3.62. The summed E-state index contributed by atoms with van der Waals surface area (Å²) in [5, 5.41) is 10.5. The second-order valence-electron chi connectivity index (χ2n) is 4.40. The van der Waals surface area contributed by atoms with Crippen LogP contribution in [-0.4, -0.2) is 36.7 Å². The van der Waals surface area contributed by atoms with Gasteiger partial charge in [0.15, 0.2) is 0 Å². The van der Waals surface area contributed by atoms with Crippen LogP contribution in [0.25, 0.3) is 0 Å². The lowest BCUT2D eigenvalue weighted by atomic mass is 10.1. The number of nitrogens with zero attached hydrogens (tertiary/aromatic N) is 1. The molecule has 0 unspecified atom stereocenters. The van der Waals surface area contributed by atoms with E-state index in [-0.39, 0.29) is 5.69 Å². The van der Waals surface area contributed by atoms with Gasteiger partial charge in [-0.1, -0.05) is 0 Å². The van der Waals surface area contributed by atoms with Crippen molar-refractivity contribution >= 4 is 11.8 Å². The number of hydrogen-bond donors (Lipinski definition) is 2. The molecular weight excluding hydrogens is 261 g/mol. The van der Waals surface area contributed by atoms with E-state index in [4.69, 9.17) is 5.11 Å². The summed E-state index contributed by atoms with van der Waals surface area (Å²) in [5.41, 5.74) is -0.490. The average molecular weight is 276 g/mol.